The molecule has 0 aromatic carbocycles. The highest BCUT2D eigenvalue weighted by Crippen LogP contribution is 2.17. The van der Waals surface area contributed by atoms with Crippen LogP contribution in [0.5, 0.6) is 0 Å². The van der Waals surface area contributed by atoms with Crippen molar-refractivity contribution in [3.8, 4) is 0 Å². The van der Waals surface area contributed by atoms with Crippen LogP contribution in [0.1, 0.15) is 25.7 Å². The van der Waals surface area contributed by atoms with Gasteiger partial charge in [0.15, 0.2) is 0 Å². The lowest BCUT2D eigenvalue weighted by Gasteiger charge is -2.35. The van der Waals surface area contributed by atoms with Gasteiger partial charge in [-0.05, 0) is 25.5 Å². The van der Waals surface area contributed by atoms with Crippen LogP contribution in [-0.2, 0) is 9.59 Å². The summed E-state index contributed by atoms with van der Waals surface area (Å²) in [7, 11) is 0. The lowest BCUT2D eigenvalue weighted by Crippen LogP contribution is -2.50. The van der Waals surface area contributed by atoms with Crippen LogP contribution in [0.2, 0.25) is 0 Å². The number of rotatable bonds is 6. The fourth-order valence-corrected chi connectivity index (χ4v) is 2.61. The summed E-state index contributed by atoms with van der Waals surface area (Å²) < 4.78 is 0. The number of carbonyl (C=O) groups is 2. The third kappa shape index (κ3) is 4.86. The number of carbonyl (C=O) groups excluding carboxylic acids is 2. The summed E-state index contributed by atoms with van der Waals surface area (Å²) >= 11 is 1.54. The normalized spacial score (nSPS) is 19.7. The number of amides is 2. The molecule has 1 rings (SSSR count). The van der Waals surface area contributed by atoms with Gasteiger partial charge in [0.25, 0.3) is 0 Å². The van der Waals surface area contributed by atoms with E-state index >= 15 is 0 Å². The zero-order valence-corrected chi connectivity index (χ0v) is 11.8. The number of nitrogens with two attached hydrogens (primary N) is 1. The number of nitrogens with zero attached hydrogens (tertiary/aromatic N) is 1. The Hall–Kier alpha value is -0.750. The summed E-state index contributed by atoms with van der Waals surface area (Å²) in [6, 6.07) is 0.153. The molecule has 104 valence electrons. The maximum atomic E-state index is 12.0. The molecule has 1 aliphatic rings. The predicted molar refractivity (Wildman–Crippen MR) is 74.4 cm³/mol. The second-order valence-electron chi connectivity index (χ2n) is 4.51. The minimum Gasteiger partial charge on any atom is -0.354 e. The van der Waals surface area contributed by atoms with E-state index in [0.29, 0.717) is 25.3 Å². The summed E-state index contributed by atoms with van der Waals surface area (Å²) in [5.41, 5.74) is 5.33. The molecule has 6 heteroatoms. The summed E-state index contributed by atoms with van der Waals surface area (Å²) in [6.45, 7) is 1.74. The van der Waals surface area contributed by atoms with Gasteiger partial charge in [-0.25, -0.2) is 0 Å². The van der Waals surface area contributed by atoms with E-state index in [1.807, 2.05) is 11.2 Å². The van der Waals surface area contributed by atoms with Crippen molar-refractivity contribution in [2.45, 2.75) is 31.7 Å². The lowest BCUT2D eigenvalue weighted by molar-refractivity contribution is -0.132. The van der Waals surface area contributed by atoms with Crippen molar-refractivity contribution in [2.24, 2.45) is 5.73 Å². The molecular weight excluding hydrogens is 250 g/mol. The largest absolute Gasteiger partial charge is 0.354 e. The first-order valence-corrected chi connectivity index (χ1v) is 7.83. The molecule has 0 spiro atoms. The Morgan fingerprint density at radius 1 is 1.44 bits per heavy atom. The zero-order valence-electron chi connectivity index (χ0n) is 11.0. The fraction of sp³-hybridized carbons (Fsp3) is 0.833. The second kappa shape index (κ2) is 8.37. The Balaban J connectivity index is 2.44. The fourth-order valence-electron chi connectivity index (χ4n) is 2.20. The van der Waals surface area contributed by atoms with Crippen molar-refractivity contribution >= 4 is 23.6 Å². The Morgan fingerprint density at radius 3 is 2.89 bits per heavy atom. The molecule has 0 bridgehead atoms. The van der Waals surface area contributed by atoms with Gasteiger partial charge in [0.05, 0.1) is 5.75 Å². The van der Waals surface area contributed by atoms with E-state index in [1.54, 1.807) is 11.8 Å². The Kier molecular flexibility index (Phi) is 7.12. The van der Waals surface area contributed by atoms with E-state index in [-0.39, 0.29) is 17.9 Å². The van der Waals surface area contributed by atoms with Crippen LogP contribution >= 0.6 is 11.8 Å². The zero-order chi connectivity index (χ0) is 13.4. The maximum Gasteiger partial charge on any atom is 0.232 e. The number of likely N-dealkylation sites (tertiary alicyclic amines) is 1. The average Bonchev–Trinajstić information content (AvgIpc) is 2.37. The van der Waals surface area contributed by atoms with Gasteiger partial charge in [-0.2, -0.15) is 11.8 Å². The molecule has 1 aliphatic heterocycles. The van der Waals surface area contributed by atoms with E-state index in [2.05, 4.69) is 5.32 Å². The van der Waals surface area contributed by atoms with Crippen molar-refractivity contribution in [1.82, 2.24) is 10.2 Å². The third-order valence-corrected chi connectivity index (χ3v) is 3.66. The predicted octanol–water partition coefficient (Wildman–Crippen LogP) is 0.196. The van der Waals surface area contributed by atoms with Crippen LogP contribution in [-0.4, -0.2) is 54.4 Å². The molecule has 0 radical (unpaired) electrons. The highest BCUT2D eigenvalue weighted by atomic mass is 32.2. The molecule has 5 nitrogen and oxygen atoms in total. The number of hydrogen-bond donors (Lipinski definition) is 2. The molecule has 1 atom stereocenters. The van der Waals surface area contributed by atoms with Crippen molar-refractivity contribution < 1.29 is 9.59 Å². The molecule has 0 aromatic heterocycles. The molecule has 1 unspecified atom stereocenters. The standard InChI is InChI=1S/C12H23N3O2S/c1-18-9-12(17)15-7-3-2-4-10(15)8-14-11(16)5-6-13/h10H,2-9,13H2,1H3,(H,14,16). The highest BCUT2D eigenvalue weighted by Gasteiger charge is 2.26. The number of piperidine rings is 1. The first kappa shape index (κ1) is 15.3. The van der Waals surface area contributed by atoms with Crippen LogP contribution < -0.4 is 11.1 Å². The Morgan fingerprint density at radius 2 is 2.22 bits per heavy atom. The van der Waals surface area contributed by atoms with Gasteiger partial charge in [0.1, 0.15) is 0 Å². The first-order valence-electron chi connectivity index (χ1n) is 6.44. The van der Waals surface area contributed by atoms with E-state index in [1.165, 1.54) is 0 Å². The molecule has 1 heterocycles. The van der Waals surface area contributed by atoms with Gasteiger partial charge in [-0.15, -0.1) is 0 Å². The topological polar surface area (TPSA) is 75.4 Å². The van der Waals surface area contributed by atoms with Gasteiger partial charge >= 0.3 is 0 Å². The van der Waals surface area contributed by atoms with Gasteiger partial charge in [-0.1, -0.05) is 0 Å². The maximum absolute atomic E-state index is 12.0. The van der Waals surface area contributed by atoms with Crippen LogP contribution in [0.25, 0.3) is 0 Å². The Bertz CT molecular complexity index is 286. The highest BCUT2D eigenvalue weighted by molar-refractivity contribution is 7.99. The van der Waals surface area contributed by atoms with Crippen LogP contribution in [0, 0.1) is 0 Å². The molecule has 0 saturated carbocycles. The summed E-state index contributed by atoms with van der Waals surface area (Å²) in [6.07, 6.45) is 5.45. The Labute approximate surface area is 113 Å². The van der Waals surface area contributed by atoms with Crippen LogP contribution in [0.15, 0.2) is 0 Å². The SMILES string of the molecule is CSCC(=O)N1CCCCC1CNC(=O)CCN. The molecule has 18 heavy (non-hydrogen) atoms. The van der Waals surface area contributed by atoms with Crippen molar-refractivity contribution in [2.75, 3.05) is 31.6 Å². The van der Waals surface area contributed by atoms with E-state index in [9.17, 15) is 9.59 Å². The third-order valence-electron chi connectivity index (χ3n) is 3.12. The minimum absolute atomic E-state index is 0.0275. The van der Waals surface area contributed by atoms with Crippen LogP contribution in [0.4, 0.5) is 0 Å². The smallest absolute Gasteiger partial charge is 0.232 e. The monoisotopic (exact) mass is 273 g/mol. The van der Waals surface area contributed by atoms with Gasteiger partial charge in [0, 0.05) is 32.1 Å². The van der Waals surface area contributed by atoms with E-state index in [0.717, 1.165) is 25.8 Å². The van der Waals surface area contributed by atoms with E-state index in [4.69, 9.17) is 5.73 Å². The second-order valence-corrected chi connectivity index (χ2v) is 5.38. The molecule has 1 saturated heterocycles. The summed E-state index contributed by atoms with van der Waals surface area (Å²) in [4.78, 5) is 25.3. The number of thioether (sulfide) groups is 1. The molecule has 2 amide bonds. The van der Waals surface area contributed by atoms with Crippen molar-refractivity contribution in [3.63, 3.8) is 0 Å². The summed E-state index contributed by atoms with van der Waals surface area (Å²) in [5.74, 6) is 0.674. The van der Waals surface area contributed by atoms with Gasteiger partial charge in [0.2, 0.25) is 11.8 Å². The molecule has 0 aliphatic carbocycles. The van der Waals surface area contributed by atoms with E-state index < -0.39 is 0 Å². The lowest BCUT2D eigenvalue weighted by atomic mass is 10.0. The molecule has 0 aromatic rings. The first-order chi connectivity index (χ1) is 8.69. The quantitative estimate of drug-likeness (QED) is 0.725. The summed E-state index contributed by atoms with van der Waals surface area (Å²) in [5, 5.41) is 2.86. The number of nitrogens with one attached hydrogen (secondary N) is 1. The minimum atomic E-state index is -0.0275. The van der Waals surface area contributed by atoms with Crippen LogP contribution in [0.3, 0.4) is 0 Å². The number of hydrogen-bond acceptors (Lipinski definition) is 4. The molecule has 1 fully saturated rings. The van der Waals surface area contributed by atoms with Crippen molar-refractivity contribution in [3.05, 3.63) is 0 Å². The van der Waals surface area contributed by atoms with Crippen molar-refractivity contribution in [1.29, 1.82) is 0 Å². The van der Waals surface area contributed by atoms with Gasteiger partial charge in [-0.3, -0.25) is 9.59 Å². The average molecular weight is 273 g/mol. The molecule has 3 N–H and O–H groups in total. The molecular formula is C12H23N3O2S. The van der Waals surface area contributed by atoms with Gasteiger partial charge < -0.3 is 16.0 Å².